The molecule has 1 atom stereocenters. The van der Waals surface area contributed by atoms with Crippen LogP contribution in [0.2, 0.25) is 5.28 Å². The summed E-state index contributed by atoms with van der Waals surface area (Å²) in [4.78, 5) is 33.2. The van der Waals surface area contributed by atoms with Crippen molar-refractivity contribution in [2.24, 2.45) is 0 Å². The molecule has 186 valence electrons. The summed E-state index contributed by atoms with van der Waals surface area (Å²) in [6, 6.07) is 3.84. The summed E-state index contributed by atoms with van der Waals surface area (Å²) in [6.07, 6.45) is 3.20. The minimum absolute atomic E-state index is 0.0224. The zero-order valence-electron chi connectivity index (χ0n) is 19.3. The van der Waals surface area contributed by atoms with Crippen LogP contribution in [0.3, 0.4) is 0 Å². The summed E-state index contributed by atoms with van der Waals surface area (Å²) in [5.41, 5.74) is 2.88. The van der Waals surface area contributed by atoms with Gasteiger partial charge in [-0.05, 0) is 30.7 Å². The van der Waals surface area contributed by atoms with E-state index in [0.717, 1.165) is 34.4 Å². The molecule has 2 aliphatic heterocycles. The number of hydrogen-bond acceptors (Lipinski definition) is 10. The number of carbonyl (C=O) groups excluding carboxylic acids is 1. The van der Waals surface area contributed by atoms with Gasteiger partial charge in [0.2, 0.25) is 17.0 Å². The number of aromatic nitrogens is 4. The van der Waals surface area contributed by atoms with E-state index in [1.807, 2.05) is 19.1 Å². The highest BCUT2D eigenvalue weighted by atomic mass is 35.5. The minimum Gasteiger partial charge on any atom is -0.418 e. The molecule has 3 aromatic heterocycles. The number of anilines is 1. The van der Waals surface area contributed by atoms with Crippen molar-refractivity contribution in [2.45, 2.75) is 19.5 Å². The number of thiophene rings is 1. The number of amides is 1. The first kappa shape index (κ1) is 23.5. The van der Waals surface area contributed by atoms with Crippen LogP contribution in [-0.2, 0) is 17.3 Å². The van der Waals surface area contributed by atoms with Gasteiger partial charge in [0.1, 0.15) is 4.88 Å². The average Bonchev–Trinajstić information content (AvgIpc) is 3.18. The van der Waals surface area contributed by atoms with Crippen LogP contribution in [0.5, 0.6) is 11.8 Å². The first-order valence-corrected chi connectivity index (χ1v) is 14.2. The van der Waals surface area contributed by atoms with E-state index in [9.17, 15) is 9.00 Å². The molecular weight excluding hydrogens is 522 g/mol. The van der Waals surface area contributed by atoms with Crippen LogP contribution in [0, 0.1) is 0 Å². The lowest BCUT2D eigenvalue weighted by Crippen LogP contribution is -2.37. The molecule has 6 rings (SSSR count). The summed E-state index contributed by atoms with van der Waals surface area (Å²) in [5, 5.41) is 7.35. The number of carbonyl (C=O) groups is 1. The lowest BCUT2D eigenvalue weighted by atomic mass is 10.1. The molecule has 13 heteroatoms. The third-order valence-electron chi connectivity index (χ3n) is 6.17. The zero-order chi connectivity index (χ0) is 24.8. The number of rotatable bonds is 4. The van der Waals surface area contributed by atoms with Crippen molar-refractivity contribution in [3.63, 3.8) is 0 Å². The number of halogens is 1. The fourth-order valence-electron chi connectivity index (χ4n) is 4.37. The van der Waals surface area contributed by atoms with E-state index < -0.39 is 10.8 Å². The van der Waals surface area contributed by atoms with Crippen molar-refractivity contribution in [2.75, 3.05) is 36.5 Å². The SMILES string of the molecule is C[C@@H]1CNc2c(sc3ccc4nc(Oc5nc(Cl)ncc5CN5CCS(=O)CC5)cnc4c23)C(=O)N1. The highest BCUT2D eigenvalue weighted by Gasteiger charge is 2.25. The van der Waals surface area contributed by atoms with E-state index in [-0.39, 0.29) is 23.1 Å². The van der Waals surface area contributed by atoms with E-state index in [2.05, 4.69) is 35.5 Å². The predicted octanol–water partition coefficient (Wildman–Crippen LogP) is 3.19. The predicted molar refractivity (Wildman–Crippen MR) is 141 cm³/mol. The molecule has 36 heavy (non-hydrogen) atoms. The monoisotopic (exact) mass is 543 g/mol. The molecule has 0 aliphatic carbocycles. The van der Waals surface area contributed by atoms with E-state index in [4.69, 9.17) is 16.3 Å². The third kappa shape index (κ3) is 4.49. The number of nitrogens with zero attached hydrogens (tertiary/aromatic N) is 5. The summed E-state index contributed by atoms with van der Waals surface area (Å²) < 4.78 is 18.7. The van der Waals surface area contributed by atoms with Gasteiger partial charge in [-0.25, -0.2) is 15.0 Å². The number of hydrogen-bond donors (Lipinski definition) is 2. The molecule has 4 aromatic rings. The Hall–Kier alpha value is -2.93. The first-order valence-electron chi connectivity index (χ1n) is 11.5. The lowest BCUT2D eigenvalue weighted by molar-refractivity contribution is 0.0949. The largest absolute Gasteiger partial charge is 0.418 e. The molecule has 2 aliphatic rings. The molecule has 0 unspecified atom stereocenters. The van der Waals surface area contributed by atoms with Crippen molar-refractivity contribution >= 4 is 66.5 Å². The van der Waals surface area contributed by atoms with Crippen molar-refractivity contribution in [1.29, 1.82) is 0 Å². The molecule has 5 heterocycles. The maximum Gasteiger partial charge on any atom is 0.263 e. The Balaban J connectivity index is 1.33. The Morgan fingerprint density at radius 2 is 2.06 bits per heavy atom. The standard InChI is InChI=1S/C23H22ClN7O3S2/c1-12-8-25-19-17-15(35-20(19)21(32)28-12)3-2-14-18(17)26-10-16(29-14)34-22-13(9-27-23(24)30-22)11-31-4-6-36(33)7-5-31/h2-3,9-10,12,25H,4-8,11H2,1H3,(H,28,32)/t12-/m1/s1. The first-order chi connectivity index (χ1) is 17.4. The number of ether oxygens (including phenoxy) is 1. The van der Waals surface area contributed by atoms with Crippen LogP contribution in [0.4, 0.5) is 5.69 Å². The molecule has 1 fully saturated rings. The van der Waals surface area contributed by atoms with Gasteiger partial charge in [-0.15, -0.1) is 11.3 Å². The van der Waals surface area contributed by atoms with Crippen LogP contribution in [0.15, 0.2) is 24.5 Å². The minimum atomic E-state index is -0.755. The van der Waals surface area contributed by atoms with Crippen LogP contribution in [0.25, 0.3) is 21.1 Å². The molecule has 1 amide bonds. The Labute approximate surface area is 217 Å². The van der Waals surface area contributed by atoms with Crippen molar-refractivity contribution < 1.29 is 13.7 Å². The second-order valence-electron chi connectivity index (χ2n) is 8.77. The Morgan fingerprint density at radius 3 is 2.89 bits per heavy atom. The topological polar surface area (TPSA) is 122 Å². The lowest BCUT2D eigenvalue weighted by Gasteiger charge is -2.26. The van der Waals surface area contributed by atoms with Gasteiger partial charge in [-0.2, -0.15) is 4.98 Å². The van der Waals surface area contributed by atoms with Crippen molar-refractivity contribution in [1.82, 2.24) is 30.2 Å². The fourth-order valence-corrected chi connectivity index (χ4v) is 6.70. The molecule has 0 bridgehead atoms. The molecule has 10 nitrogen and oxygen atoms in total. The van der Waals surface area contributed by atoms with Crippen LogP contribution in [-0.4, -0.2) is 72.1 Å². The maximum atomic E-state index is 12.7. The molecule has 0 spiro atoms. The second kappa shape index (κ2) is 9.51. The van der Waals surface area contributed by atoms with Gasteiger partial charge in [0.05, 0.1) is 22.9 Å². The van der Waals surface area contributed by atoms with Crippen molar-refractivity contribution in [3.05, 3.63) is 40.3 Å². The summed E-state index contributed by atoms with van der Waals surface area (Å²) in [7, 11) is -0.755. The maximum absolute atomic E-state index is 12.7. The summed E-state index contributed by atoms with van der Waals surface area (Å²) in [5.74, 6) is 1.80. The Morgan fingerprint density at radius 1 is 1.22 bits per heavy atom. The molecular formula is C23H22ClN7O3S2. The van der Waals surface area contributed by atoms with Crippen LogP contribution < -0.4 is 15.4 Å². The van der Waals surface area contributed by atoms with Gasteiger partial charge >= 0.3 is 0 Å². The highest BCUT2D eigenvalue weighted by molar-refractivity contribution is 7.85. The highest BCUT2D eigenvalue weighted by Crippen LogP contribution is 2.40. The molecule has 0 saturated carbocycles. The summed E-state index contributed by atoms with van der Waals surface area (Å²) in [6.45, 7) is 4.61. The number of nitrogens with one attached hydrogen (secondary N) is 2. The van der Waals surface area contributed by atoms with E-state index in [0.29, 0.717) is 46.4 Å². The quantitative estimate of drug-likeness (QED) is 0.373. The number of fused-ring (bicyclic) bond motifs is 5. The van der Waals surface area contributed by atoms with Gasteiger partial charge in [-0.3, -0.25) is 13.9 Å². The van der Waals surface area contributed by atoms with Gasteiger partial charge < -0.3 is 15.4 Å². The summed E-state index contributed by atoms with van der Waals surface area (Å²) >= 11 is 7.50. The molecule has 0 radical (unpaired) electrons. The van der Waals surface area contributed by atoms with E-state index >= 15 is 0 Å². The van der Waals surface area contributed by atoms with Gasteiger partial charge in [0.15, 0.2) is 0 Å². The average molecular weight is 544 g/mol. The van der Waals surface area contributed by atoms with Gasteiger partial charge in [0.25, 0.3) is 5.91 Å². The fraction of sp³-hybridized carbons (Fsp3) is 0.348. The molecule has 2 N–H and O–H groups in total. The van der Waals surface area contributed by atoms with Crippen molar-refractivity contribution in [3.8, 4) is 11.8 Å². The Kier molecular flexibility index (Phi) is 6.20. The zero-order valence-corrected chi connectivity index (χ0v) is 21.7. The number of benzene rings is 1. The van der Waals surface area contributed by atoms with Gasteiger partial charge in [0, 0.05) is 76.4 Å². The van der Waals surface area contributed by atoms with Crippen LogP contribution in [0.1, 0.15) is 22.2 Å². The van der Waals surface area contributed by atoms with Crippen LogP contribution >= 0.6 is 22.9 Å². The smallest absolute Gasteiger partial charge is 0.263 e. The van der Waals surface area contributed by atoms with E-state index in [1.165, 1.54) is 11.3 Å². The normalized spacial score (nSPS) is 19.1. The second-order valence-corrected chi connectivity index (χ2v) is 11.9. The third-order valence-corrected chi connectivity index (χ3v) is 8.78. The molecule has 1 saturated heterocycles. The van der Waals surface area contributed by atoms with Gasteiger partial charge in [-0.1, -0.05) is 0 Å². The van der Waals surface area contributed by atoms with E-state index in [1.54, 1.807) is 12.4 Å². The molecule has 1 aromatic carbocycles. The Bertz CT molecular complexity index is 1520.